The molecule has 0 aliphatic heterocycles. The maximum atomic E-state index is 10.7. The van der Waals surface area contributed by atoms with Crippen LogP contribution in [0.5, 0.6) is 0 Å². The Morgan fingerprint density at radius 2 is 1.05 bits per heavy atom. The highest BCUT2D eigenvalue weighted by atomic mass is 16.6. The molecule has 0 aromatic rings. The van der Waals surface area contributed by atoms with Crippen LogP contribution in [0.25, 0.3) is 0 Å². The summed E-state index contributed by atoms with van der Waals surface area (Å²) in [4.78, 5) is 34.0. The summed E-state index contributed by atoms with van der Waals surface area (Å²) >= 11 is 0. The van der Waals surface area contributed by atoms with E-state index in [1.54, 1.807) is 0 Å². The number of hydrogen-bond acceptors (Lipinski definition) is 8. The Hall–Kier alpha value is -1.67. The molecule has 128 valence electrons. The molecule has 0 fully saturated rings. The third-order valence-electron chi connectivity index (χ3n) is 2.51. The van der Waals surface area contributed by atoms with Crippen molar-refractivity contribution in [3.63, 3.8) is 0 Å². The highest BCUT2D eigenvalue weighted by molar-refractivity contribution is 5.66. The monoisotopic (exact) mass is 319 g/mol. The Bertz CT molecular complexity index is 326. The summed E-state index contributed by atoms with van der Waals surface area (Å²) in [5.41, 5.74) is 0. The van der Waals surface area contributed by atoms with Gasteiger partial charge in [-0.25, -0.2) is 0 Å². The third kappa shape index (κ3) is 14.7. The number of hydrogen-bond donors (Lipinski definition) is 0. The van der Waals surface area contributed by atoms with E-state index < -0.39 is 0 Å². The van der Waals surface area contributed by atoms with Gasteiger partial charge in [0.1, 0.15) is 19.8 Å². The van der Waals surface area contributed by atoms with Crippen LogP contribution < -0.4 is 0 Å². The van der Waals surface area contributed by atoms with Crippen molar-refractivity contribution >= 4 is 17.9 Å². The van der Waals surface area contributed by atoms with Gasteiger partial charge < -0.3 is 18.9 Å². The van der Waals surface area contributed by atoms with Crippen LogP contribution in [0.4, 0.5) is 0 Å². The van der Waals surface area contributed by atoms with Crippen molar-refractivity contribution < 1.29 is 33.3 Å². The van der Waals surface area contributed by atoms with Crippen molar-refractivity contribution in [2.45, 2.75) is 20.8 Å². The number of nitrogens with zero attached hydrogens (tertiary/aromatic N) is 1. The lowest BCUT2D eigenvalue weighted by Gasteiger charge is -2.21. The second-order valence-electron chi connectivity index (χ2n) is 4.47. The molecule has 0 bridgehead atoms. The van der Waals surface area contributed by atoms with Gasteiger partial charge in [0.2, 0.25) is 0 Å². The minimum absolute atomic E-state index is 0.218. The average Bonchev–Trinajstić information content (AvgIpc) is 2.40. The van der Waals surface area contributed by atoms with Crippen LogP contribution in [-0.4, -0.2) is 75.5 Å². The van der Waals surface area contributed by atoms with Crippen molar-refractivity contribution in [2.75, 3.05) is 52.7 Å². The van der Waals surface area contributed by atoms with Gasteiger partial charge >= 0.3 is 17.9 Å². The van der Waals surface area contributed by atoms with E-state index in [0.717, 1.165) is 0 Å². The second-order valence-corrected chi connectivity index (χ2v) is 4.47. The molecule has 8 heteroatoms. The molecule has 0 atom stereocenters. The fraction of sp³-hybridized carbons (Fsp3) is 0.786. The summed E-state index contributed by atoms with van der Waals surface area (Å²) in [7, 11) is 0. The van der Waals surface area contributed by atoms with E-state index in [1.165, 1.54) is 20.8 Å². The SMILES string of the molecule is CC(=O)OCCOCCN(CCOC(C)=O)CCOC(C)=O. The molecule has 0 amide bonds. The lowest BCUT2D eigenvalue weighted by molar-refractivity contribution is -0.144. The normalized spacial score (nSPS) is 10.4. The molecular formula is C14H25NO7. The first-order valence-corrected chi connectivity index (χ1v) is 7.12. The maximum absolute atomic E-state index is 10.7. The molecule has 0 rings (SSSR count). The summed E-state index contributed by atoms with van der Waals surface area (Å²) < 4.78 is 19.8. The lowest BCUT2D eigenvalue weighted by Crippen LogP contribution is -2.34. The molecule has 0 radical (unpaired) electrons. The molecule has 0 heterocycles. The quantitative estimate of drug-likeness (QED) is 0.282. The van der Waals surface area contributed by atoms with Gasteiger partial charge in [0.15, 0.2) is 0 Å². The highest BCUT2D eigenvalue weighted by Gasteiger charge is 2.07. The predicted octanol–water partition coefficient (Wildman–Crippen LogP) is -0.00570. The Morgan fingerprint density at radius 1 is 0.636 bits per heavy atom. The molecule has 22 heavy (non-hydrogen) atoms. The van der Waals surface area contributed by atoms with E-state index in [9.17, 15) is 14.4 Å². The van der Waals surface area contributed by atoms with Crippen LogP contribution in [0.2, 0.25) is 0 Å². The first-order valence-electron chi connectivity index (χ1n) is 7.12. The summed E-state index contributed by atoms with van der Waals surface area (Å²) in [6, 6.07) is 0. The second kappa shape index (κ2) is 13.0. The molecule has 8 nitrogen and oxygen atoms in total. The number of rotatable bonds is 12. The molecule has 0 aliphatic carbocycles. The van der Waals surface area contributed by atoms with Gasteiger partial charge in [0, 0.05) is 40.4 Å². The predicted molar refractivity (Wildman–Crippen MR) is 77.2 cm³/mol. The minimum Gasteiger partial charge on any atom is -0.465 e. The lowest BCUT2D eigenvalue weighted by atomic mass is 10.4. The van der Waals surface area contributed by atoms with Gasteiger partial charge in [0.25, 0.3) is 0 Å². The number of carbonyl (C=O) groups is 3. The van der Waals surface area contributed by atoms with Crippen LogP contribution >= 0.6 is 0 Å². The summed E-state index contributed by atoms with van der Waals surface area (Å²) in [6.07, 6.45) is 0. The van der Waals surface area contributed by atoms with Gasteiger partial charge in [-0.05, 0) is 0 Å². The van der Waals surface area contributed by atoms with E-state index in [4.69, 9.17) is 18.9 Å². The van der Waals surface area contributed by atoms with E-state index >= 15 is 0 Å². The zero-order chi connectivity index (χ0) is 16.8. The maximum Gasteiger partial charge on any atom is 0.302 e. The van der Waals surface area contributed by atoms with Gasteiger partial charge in [-0.1, -0.05) is 0 Å². The zero-order valence-corrected chi connectivity index (χ0v) is 13.5. The first kappa shape index (κ1) is 20.3. The number of carbonyl (C=O) groups excluding carboxylic acids is 3. The minimum atomic E-state index is -0.340. The molecule has 0 N–H and O–H groups in total. The van der Waals surface area contributed by atoms with Gasteiger partial charge in [0.05, 0.1) is 13.2 Å². The fourth-order valence-corrected chi connectivity index (χ4v) is 1.51. The first-order chi connectivity index (χ1) is 10.4. The molecule has 0 aromatic heterocycles. The van der Waals surface area contributed by atoms with Crippen molar-refractivity contribution in [3.05, 3.63) is 0 Å². The fourth-order valence-electron chi connectivity index (χ4n) is 1.51. The van der Waals surface area contributed by atoms with Crippen molar-refractivity contribution in [3.8, 4) is 0 Å². The highest BCUT2D eigenvalue weighted by Crippen LogP contribution is 1.92. The Labute approximate surface area is 130 Å². The number of esters is 3. The van der Waals surface area contributed by atoms with Crippen LogP contribution in [0.3, 0.4) is 0 Å². The van der Waals surface area contributed by atoms with Crippen LogP contribution in [-0.2, 0) is 33.3 Å². The number of ether oxygens (including phenoxy) is 4. The standard InChI is InChI=1S/C14H25NO7/c1-12(16)20-8-5-15(6-9-21-13(2)17)4-7-19-10-11-22-14(3)18/h4-11H2,1-3H3. The van der Waals surface area contributed by atoms with Crippen molar-refractivity contribution in [1.29, 1.82) is 0 Å². The Morgan fingerprint density at radius 3 is 1.50 bits per heavy atom. The van der Waals surface area contributed by atoms with Gasteiger partial charge in [-0.3, -0.25) is 19.3 Å². The van der Waals surface area contributed by atoms with Crippen molar-refractivity contribution in [2.24, 2.45) is 0 Å². The molecule has 0 saturated heterocycles. The third-order valence-corrected chi connectivity index (χ3v) is 2.51. The van der Waals surface area contributed by atoms with Crippen LogP contribution in [0, 0.1) is 0 Å². The largest absolute Gasteiger partial charge is 0.465 e. The molecule has 0 aromatic carbocycles. The molecular weight excluding hydrogens is 294 g/mol. The topological polar surface area (TPSA) is 91.4 Å². The molecule has 0 spiro atoms. The summed E-state index contributed by atoms with van der Waals surface area (Å²) in [6.45, 7) is 7.17. The molecule has 0 saturated carbocycles. The van der Waals surface area contributed by atoms with Crippen LogP contribution in [0.15, 0.2) is 0 Å². The summed E-state index contributed by atoms with van der Waals surface area (Å²) in [5.74, 6) is -1.01. The molecule has 0 aliphatic rings. The Kier molecular flexibility index (Phi) is 12.0. The smallest absolute Gasteiger partial charge is 0.302 e. The van der Waals surface area contributed by atoms with Crippen LogP contribution in [0.1, 0.15) is 20.8 Å². The van der Waals surface area contributed by atoms with E-state index in [2.05, 4.69) is 0 Å². The zero-order valence-electron chi connectivity index (χ0n) is 13.5. The average molecular weight is 319 g/mol. The van der Waals surface area contributed by atoms with Gasteiger partial charge in [-0.2, -0.15) is 0 Å². The van der Waals surface area contributed by atoms with E-state index in [1.807, 2.05) is 4.90 Å². The van der Waals surface area contributed by atoms with E-state index in [0.29, 0.717) is 32.8 Å². The Balaban J connectivity index is 3.86. The molecule has 0 unspecified atom stereocenters. The van der Waals surface area contributed by atoms with E-state index in [-0.39, 0.29) is 37.7 Å². The van der Waals surface area contributed by atoms with Gasteiger partial charge in [-0.15, -0.1) is 0 Å². The van der Waals surface area contributed by atoms with Crippen molar-refractivity contribution in [1.82, 2.24) is 4.90 Å². The summed E-state index contributed by atoms with van der Waals surface area (Å²) in [5, 5.41) is 0.